The van der Waals surface area contributed by atoms with Crippen LogP contribution in [0.15, 0.2) is 0 Å². The highest BCUT2D eigenvalue weighted by Gasteiger charge is 2.37. The van der Waals surface area contributed by atoms with Gasteiger partial charge in [0.25, 0.3) is 0 Å². The number of rotatable bonds is 4. The molecule has 1 amide bonds. The maximum atomic E-state index is 11.3. The van der Waals surface area contributed by atoms with Crippen molar-refractivity contribution in [3.05, 3.63) is 0 Å². The summed E-state index contributed by atoms with van der Waals surface area (Å²) in [5, 5.41) is 2.91. The van der Waals surface area contributed by atoms with Crippen molar-refractivity contribution in [3.8, 4) is 0 Å². The fourth-order valence-electron chi connectivity index (χ4n) is 1.48. The molecule has 1 aliphatic carbocycles. The molecule has 1 aliphatic rings. The fraction of sp³-hybridized carbons (Fsp3) is 0.900. The van der Waals surface area contributed by atoms with E-state index in [1.807, 2.05) is 13.8 Å². The summed E-state index contributed by atoms with van der Waals surface area (Å²) >= 11 is 0. The number of hydrogen-bond donors (Lipinski definition) is 1. The molecule has 1 fully saturated rings. The Kier molecular flexibility index (Phi) is 3.31. The van der Waals surface area contributed by atoms with Gasteiger partial charge < -0.3 is 10.1 Å². The third kappa shape index (κ3) is 2.44. The third-order valence-corrected chi connectivity index (χ3v) is 2.81. The molecule has 1 rings (SSSR count). The Morgan fingerprint density at radius 2 is 2.15 bits per heavy atom. The van der Waals surface area contributed by atoms with E-state index < -0.39 is 0 Å². The number of amides is 1. The Balaban J connectivity index is 2.28. The summed E-state index contributed by atoms with van der Waals surface area (Å²) in [5.74, 6) is 0.178. The topological polar surface area (TPSA) is 38.3 Å². The summed E-state index contributed by atoms with van der Waals surface area (Å²) in [4.78, 5) is 11.3. The molecule has 3 nitrogen and oxygen atoms in total. The maximum Gasteiger partial charge on any atom is 0.222 e. The standard InChI is InChI=1S/C10H19NO2/c1-8(2)9(12)11-7-10(13-3)5-4-6-10/h8H,4-7H2,1-3H3,(H,11,12). The van der Waals surface area contributed by atoms with Gasteiger partial charge in [0.1, 0.15) is 0 Å². The van der Waals surface area contributed by atoms with Crippen LogP contribution in [-0.4, -0.2) is 25.2 Å². The predicted molar refractivity (Wildman–Crippen MR) is 51.4 cm³/mol. The molecule has 0 atom stereocenters. The highest BCUT2D eigenvalue weighted by molar-refractivity contribution is 5.77. The summed E-state index contributed by atoms with van der Waals surface area (Å²) in [7, 11) is 1.72. The third-order valence-electron chi connectivity index (χ3n) is 2.81. The van der Waals surface area contributed by atoms with E-state index in [-0.39, 0.29) is 17.4 Å². The van der Waals surface area contributed by atoms with Crippen molar-refractivity contribution in [2.75, 3.05) is 13.7 Å². The van der Waals surface area contributed by atoms with Gasteiger partial charge in [-0.05, 0) is 19.3 Å². The van der Waals surface area contributed by atoms with Crippen LogP contribution in [0.2, 0.25) is 0 Å². The minimum absolute atomic E-state index is 0.0510. The van der Waals surface area contributed by atoms with Crippen LogP contribution in [0.4, 0.5) is 0 Å². The SMILES string of the molecule is COC1(CNC(=O)C(C)C)CCC1. The van der Waals surface area contributed by atoms with E-state index in [2.05, 4.69) is 5.32 Å². The summed E-state index contributed by atoms with van der Waals surface area (Å²) in [5.41, 5.74) is -0.0510. The molecule has 0 aliphatic heterocycles. The van der Waals surface area contributed by atoms with Crippen LogP contribution in [0, 0.1) is 5.92 Å². The first-order valence-corrected chi connectivity index (χ1v) is 4.92. The van der Waals surface area contributed by atoms with Crippen LogP contribution in [0.5, 0.6) is 0 Å². The lowest BCUT2D eigenvalue weighted by molar-refractivity contribution is -0.127. The number of carbonyl (C=O) groups excluding carboxylic acids is 1. The Bertz CT molecular complexity index is 180. The van der Waals surface area contributed by atoms with E-state index in [1.54, 1.807) is 7.11 Å². The highest BCUT2D eigenvalue weighted by atomic mass is 16.5. The molecule has 1 N–H and O–H groups in total. The van der Waals surface area contributed by atoms with E-state index in [0.717, 1.165) is 12.8 Å². The van der Waals surface area contributed by atoms with Gasteiger partial charge in [-0.3, -0.25) is 4.79 Å². The minimum atomic E-state index is -0.0510. The second-order valence-electron chi connectivity index (χ2n) is 4.11. The van der Waals surface area contributed by atoms with Gasteiger partial charge in [-0.15, -0.1) is 0 Å². The summed E-state index contributed by atoms with van der Waals surface area (Å²) in [6.07, 6.45) is 3.36. The molecular formula is C10H19NO2. The van der Waals surface area contributed by atoms with Crippen LogP contribution in [0.3, 0.4) is 0 Å². The summed E-state index contributed by atoms with van der Waals surface area (Å²) in [6.45, 7) is 4.46. The number of nitrogens with one attached hydrogen (secondary N) is 1. The zero-order chi connectivity index (χ0) is 9.90. The van der Waals surface area contributed by atoms with Crippen LogP contribution >= 0.6 is 0 Å². The molecule has 0 heterocycles. The van der Waals surface area contributed by atoms with Gasteiger partial charge in [-0.1, -0.05) is 13.8 Å². The first kappa shape index (κ1) is 10.5. The zero-order valence-corrected chi connectivity index (χ0v) is 8.72. The van der Waals surface area contributed by atoms with Crippen molar-refractivity contribution < 1.29 is 9.53 Å². The smallest absolute Gasteiger partial charge is 0.222 e. The van der Waals surface area contributed by atoms with Crippen LogP contribution in [0.1, 0.15) is 33.1 Å². The normalized spacial score (nSPS) is 19.7. The van der Waals surface area contributed by atoms with E-state index >= 15 is 0 Å². The molecule has 1 saturated carbocycles. The predicted octanol–water partition coefficient (Wildman–Crippen LogP) is 1.33. The molecular weight excluding hydrogens is 166 g/mol. The van der Waals surface area contributed by atoms with Crippen molar-refractivity contribution in [1.29, 1.82) is 0 Å². The largest absolute Gasteiger partial charge is 0.376 e. The molecule has 13 heavy (non-hydrogen) atoms. The molecule has 0 radical (unpaired) electrons. The van der Waals surface area contributed by atoms with Crippen molar-refractivity contribution >= 4 is 5.91 Å². The average molecular weight is 185 g/mol. The average Bonchev–Trinajstić information content (AvgIpc) is 2.02. The van der Waals surface area contributed by atoms with E-state index in [1.165, 1.54) is 6.42 Å². The van der Waals surface area contributed by atoms with Gasteiger partial charge in [-0.2, -0.15) is 0 Å². The molecule has 0 aromatic rings. The number of carbonyl (C=O) groups is 1. The molecule has 0 unspecified atom stereocenters. The van der Waals surface area contributed by atoms with E-state index in [4.69, 9.17) is 4.74 Å². The van der Waals surface area contributed by atoms with E-state index in [0.29, 0.717) is 6.54 Å². The lowest BCUT2D eigenvalue weighted by Crippen LogP contribution is -2.50. The molecule has 0 saturated heterocycles. The summed E-state index contributed by atoms with van der Waals surface area (Å²) < 4.78 is 5.39. The molecule has 3 heteroatoms. The first-order valence-electron chi connectivity index (χ1n) is 4.92. The Labute approximate surface area is 79.8 Å². The van der Waals surface area contributed by atoms with Gasteiger partial charge in [0.2, 0.25) is 5.91 Å². The van der Waals surface area contributed by atoms with Crippen molar-refractivity contribution in [2.24, 2.45) is 5.92 Å². The second-order valence-corrected chi connectivity index (χ2v) is 4.11. The van der Waals surface area contributed by atoms with Gasteiger partial charge in [0, 0.05) is 19.6 Å². The summed E-state index contributed by atoms with van der Waals surface area (Å²) in [6, 6.07) is 0. The lowest BCUT2D eigenvalue weighted by Gasteiger charge is -2.40. The first-order chi connectivity index (χ1) is 6.09. The van der Waals surface area contributed by atoms with Crippen molar-refractivity contribution in [3.63, 3.8) is 0 Å². The quantitative estimate of drug-likeness (QED) is 0.717. The molecule has 76 valence electrons. The van der Waals surface area contributed by atoms with Crippen molar-refractivity contribution in [2.45, 2.75) is 38.7 Å². The lowest BCUT2D eigenvalue weighted by atomic mass is 9.80. The maximum absolute atomic E-state index is 11.3. The van der Waals surface area contributed by atoms with Crippen molar-refractivity contribution in [1.82, 2.24) is 5.32 Å². The van der Waals surface area contributed by atoms with E-state index in [9.17, 15) is 4.79 Å². The Hall–Kier alpha value is -0.570. The molecule has 0 spiro atoms. The second kappa shape index (κ2) is 4.09. The molecule has 0 aromatic heterocycles. The van der Waals surface area contributed by atoms with Gasteiger partial charge in [-0.25, -0.2) is 0 Å². The van der Waals surface area contributed by atoms with Crippen LogP contribution < -0.4 is 5.32 Å². The molecule has 0 bridgehead atoms. The Morgan fingerprint density at radius 1 is 1.54 bits per heavy atom. The minimum Gasteiger partial charge on any atom is -0.376 e. The number of methoxy groups -OCH3 is 1. The number of ether oxygens (including phenoxy) is 1. The van der Waals surface area contributed by atoms with Gasteiger partial charge in [0.15, 0.2) is 0 Å². The highest BCUT2D eigenvalue weighted by Crippen LogP contribution is 2.34. The zero-order valence-electron chi connectivity index (χ0n) is 8.72. The molecule has 0 aromatic carbocycles. The monoisotopic (exact) mass is 185 g/mol. The van der Waals surface area contributed by atoms with Gasteiger partial charge in [0.05, 0.1) is 5.60 Å². The van der Waals surface area contributed by atoms with Gasteiger partial charge >= 0.3 is 0 Å². The van der Waals surface area contributed by atoms with Crippen LogP contribution in [-0.2, 0) is 9.53 Å². The number of hydrogen-bond acceptors (Lipinski definition) is 2. The Morgan fingerprint density at radius 3 is 2.46 bits per heavy atom. The van der Waals surface area contributed by atoms with Crippen LogP contribution in [0.25, 0.3) is 0 Å². The fourth-order valence-corrected chi connectivity index (χ4v) is 1.48.